The number of fused-ring (bicyclic) bond motifs is 1. The fourth-order valence-electron chi connectivity index (χ4n) is 3.89. The van der Waals surface area contributed by atoms with E-state index in [4.69, 9.17) is 10.00 Å². The normalized spacial score (nSPS) is 16.0. The predicted molar refractivity (Wildman–Crippen MR) is 110 cm³/mol. The molecule has 1 saturated heterocycles. The molecule has 0 saturated carbocycles. The predicted octanol–water partition coefficient (Wildman–Crippen LogP) is 2.20. The van der Waals surface area contributed by atoms with Gasteiger partial charge in [0.15, 0.2) is 6.61 Å². The first-order valence-electron chi connectivity index (χ1n) is 9.77. The van der Waals surface area contributed by atoms with Crippen molar-refractivity contribution in [1.82, 2.24) is 19.9 Å². The Bertz CT molecular complexity index is 1060. The van der Waals surface area contributed by atoms with E-state index in [1.807, 2.05) is 17.0 Å². The number of hydrogen-bond acceptors (Lipinski definition) is 7. The molecule has 1 aliphatic rings. The van der Waals surface area contributed by atoms with E-state index in [1.54, 1.807) is 36.8 Å². The van der Waals surface area contributed by atoms with E-state index in [-0.39, 0.29) is 6.61 Å². The number of benzene rings is 1. The number of nitriles is 1. The lowest BCUT2D eigenvalue weighted by atomic mass is 10.0. The van der Waals surface area contributed by atoms with Crippen LogP contribution in [0.2, 0.25) is 0 Å². The number of carboxylic acid groups (broad SMARTS) is 1. The van der Waals surface area contributed by atoms with Crippen LogP contribution in [-0.4, -0.2) is 63.7 Å². The van der Waals surface area contributed by atoms with Gasteiger partial charge in [0.25, 0.3) is 0 Å². The third kappa shape index (κ3) is 4.04. The Morgan fingerprint density at radius 1 is 1.27 bits per heavy atom. The molecule has 9 nitrogen and oxygen atoms in total. The summed E-state index contributed by atoms with van der Waals surface area (Å²) in [6.07, 6.45) is 5.98. The van der Waals surface area contributed by atoms with E-state index in [0.29, 0.717) is 36.9 Å². The second-order valence-electron chi connectivity index (χ2n) is 7.06. The van der Waals surface area contributed by atoms with Gasteiger partial charge in [0.2, 0.25) is 5.95 Å². The van der Waals surface area contributed by atoms with Crippen molar-refractivity contribution in [3.63, 3.8) is 0 Å². The van der Waals surface area contributed by atoms with Gasteiger partial charge >= 0.3 is 5.97 Å². The summed E-state index contributed by atoms with van der Waals surface area (Å²) in [7, 11) is 0. The van der Waals surface area contributed by atoms with E-state index < -0.39 is 12.0 Å². The van der Waals surface area contributed by atoms with Crippen LogP contribution >= 0.6 is 0 Å². The SMILES string of the molecule is N#CCOc1ccc2[nH]cc([C@@H](C(=O)O)N3CCCN(c4ncccn4)CC3)c2c1. The molecule has 3 heterocycles. The van der Waals surface area contributed by atoms with Crippen molar-refractivity contribution in [3.8, 4) is 11.8 Å². The molecular formula is C21H22N6O3. The maximum absolute atomic E-state index is 12.3. The summed E-state index contributed by atoms with van der Waals surface area (Å²) >= 11 is 0. The number of carbonyl (C=O) groups is 1. The third-order valence-electron chi connectivity index (χ3n) is 5.25. The Balaban J connectivity index is 1.60. The van der Waals surface area contributed by atoms with Crippen molar-refractivity contribution in [2.75, 3.05) is 37.7 Å². The van der Waals surface area contributed by atoms with Crippen molar-refractivity contribution >= 4 is 22.8 Å². The Hall–Kier alpha value is -3.64. The second-order valence-corrected chi connectivity index (χ2v) is 7.06. The highest BCUT2D eigenvalue weighted by molar-refractivity contribution is 5.90. The molecular weight excluding hydrogens is 384 g/mol. The van der Waals surface area contributed by atoms with Crippen LogP contribution in [0, 0.1) is 11.3 Å². The monoisotopic (exact) mass is 406 g/mol. The second kappa shape index (κ2) is 8.80. The van der Waals surface area contributed by atoms with Gasteiger partial charge in [0.1, 0.15) is 17.9 Å². The zero-order chi connectivity index (χ0) is 20.9. The van der Waals surface area contributed by atoms with Crippen LogP contribution in [0.5, 0.6) is 5.75 Å². The van der Waals surface area contributed by atoms with Gasteiger partial charge < -0.3 is 19.7 Å². The molecule has 1 aromatic carbocycles. The summed E-state index contributed by atoms with van der Waals surface area (Å²) in [6.45, 7) is 2.58. The molecule has 1 aliphatic heterocycles. The maximum atomic E-state index is 12.3. The molecule has 9 heteroatoms. The molecule has 1 fully saturated rings. The standard InChI is InChI=1S/C21H22N6O3/c22-5-12-30-15-3-4-18-16(13-15)17(14-25-18)19(20(28)29)26-8-2-9-27(11-10-26)21-23-6-1-7-24-21/h1,3-4,6-7,13-14,19,25H,2,8-12H2,(H,28,29)/t19-/m0/s1. The molecule has 4 rings (SSSR count). The van der Waals surface area contributed by atoms with Gasteiger partial charge in [-0.15, -0.1) is 0 Å². The number of nitrogens with zero attached hydrogens (tertiary/aromatic N) is 5. The van der Waals surface area contributed by atoms with Crippen LogP contribution in [0.1, 0.15) is 18.0 Å². The van der Waals surface area contributed by atoms with Crippen LogP contribution in [0.3, 0.4) is 0 Å². The van der Waals surface area contributed by atoms with Gasteiger partial charge in [-0.1, -0.05) is 0 Å². The van der Waals surface area contributed by atoms with Crippen molar-refractivity contribution in [1.29, 1.82) is 5.26 Å². The molecule has 0 radical (unpaired) electrons. The number of aromatic amines is 1. The fraction of sp³-hybridized carbons (Fsp3) is 0.333. The van der Waals surface area contributed by atoms with Crippen molar-refractivity contribution in [2.45, 2.75) is 12.5 Å². The highest BCUT2D eigenvalue weighted by Crippen LogP contribution is 2.32. The minimum atomic E-state index is -0.899. The number of aliphatic carboxylic acids is 1. The summed E-state index contributed by atoms with van der Waals surface area (Å²) < 4.78 is 5.40. The zero-order valence-corrected chi connectivity index (χ0v) is 16.4. The van der Waals surface area contributed by atoms with Crippen LogP contribution < -0.4 is 9.64 Å². The van der Waals surface area contributed by atoms with Crippen molar-refractivity contribution in [2.24, 2.45) is 0 Å². The lowest BCUT2D eigenvalue weighted by Gasteiger charge is -2.27. The van der Waals surface area contributed by atoms with Crippen LogP contribution in [0.4, 0.5) is 5.95 Å². The lowest BCUT2D eigenvalue weighted by molar-refractivity contribution is -0.143. The van der Waals surface area contributed by atoms with Crippen LogP contribution in [0.15, 0.2) is 42.9 Å². The van der Waals surface area contributed by atoms with Gasteiger partial charge in [0.05, 0.1) is 0 Å². The first-order valence-corrected chi connectivity index (χ1v) is 9.77. The van der Waals surface area contributed by atoms with E-state index in [2.05, 4.69) is 19.9 Å². The highest BCUT2D eigenvalue weighted by atomic mass is 16.5. The average Bonchev–Trinajstić information content (AvgIpc) is 3.01. The molecule has 0 aliphatic carbocycles. The van der Waals surface area contributed by atoms with Gasteiger partial charge in [0, 0.05) is 61.2 Å². The minimum Gasteiger partial charge on any atom is -0.480 e. The maximum Gasteiger partial charge on any atom is 0.325 e. The number of hydrogen-bond donors (Lipinski definition) is 2. The Morgan fingerprint density at radius 3 is 2.87 bits per heavy atom. The topological polar surface area (TPSA) is 118 Å². The van der Waals surface area contributed by atoms with E-state index in [9.17, 15) is 9.90 Å². The molecule has 2 aromatic heterocycles. The Labute approximate surface area is 173 Å². The third-order valence-corrected chi connectivity index (χ3v) is 5.25. The lowest BCUT2D eigenvalue weighted by Crippen LogP contribution is -2.37. The number of nitrogens with one attached hydrogen (secondary N) is 1. The van der Waals surface area contributed by atoms with Crippen LogP contribution in [0.25, 0.3) is 10.9 Å². The van der Waals surface area contributed by atoms with Gasteiger partial charge in [-0.25, -0.2) is 9.97 Å². The molecule has 1 atom stereocenters. The van der Waals surface area contributed by atoms with E-state index in [0.717, 1.165) is 23.9 Å². The van der Waals surface area contributed by atoms with E-state index >= 15 is 0 Å². The number of anilines is 1. The molecule has 0 unspecified atom stereocenters. The summed E-state index contributed by atoms with van der Waals surface area (Å²) in [4.78, 5) is 28.1. The summed E-state index contributed by atoms with van der Waals surface area (Å²) in [6, 6.07) is 8.32. The molecule has 0 amide bonds. The Kier molecular flexibility index (Phi) is 5.77. The smallest absolute Gasteiger partial charge is 0.325 e. The number of rotatable bonds is 6. The number of ether oxygens (including phenoxy) is 1. The Morgan fingerprint density at radius 2 is 2.10 bits per heavy atom. The summed E-state index contributed by atoms with van der Waals surface area (Å²) in [5, 5.41) is 19.6. The molecule has 3 aromatic rings. The minimum absolute atomic E-state index is 0.0584. The highest BCUT2D eigenvalue weighted by Gasteiger charge is 2.31. The molecule has 2 N–H and O–H groups in total. The number of H-pyrrole nitrogens is 1. The van der Waals surface area contributed by atoms with Crippen LogP contribution in [-0.2, 0) is 4.79 Å². The molecule has 30 heavy (non-hydrogen) atoms. The largest absolute Gasteiger partial charge is 0.480 e. The van der Waals surface area contributed by atoms with Gasteiger partial charge in [-0.05, 0) is 30.7 Å². The molecule has 0 spiro atoms. The number of aromatic nitrogens is 3. The fourth-order valence-corrected chi connectivity index (χ4v) is 3.89. The first-order chi connectivity index (χ1) is 14.7. The molecule has 154 valence electrons. The van der Waals surface area contributed by atoms with E-state index in [1.165, 1.54) is 0 Å². The number of carboxylic acids is 1. The quantitative estimate of drug-likeness (QED) is 0.640. The summed E-state index contributed by atoms with van der Waals surface area (Å²) in [5.74, 6) is 0.304. The zero-order valence-electron chi connectivity index (χ0n) is 16.4. The van der Waals surface area contributed by atoms with Crippen molar-refractivity contribution < 1.29 is 14.6 Å². The van der Waals surface area contributed by atoms with Crippen molar-refractivity contribution in [3.05, 3.63) is 48.4 Å². The first kappa shape index (κ1) is 19.7. The average molecular weight is 406 g/mol. The molecule has 0 bridgehead atoms. The summed E-state index contributed by atoms with van der Waals surface area (Å²) in [5.41, 5.74) is 1.51. The van der Waals surface area contributed by atoms with Gasteiger partial charge in [-0.3, -0.25) is 9.69 Å². The van der Waals surface area contributed by atoms with Gasteiger partial charge in [-0.2, -0.15) is 5.26 Å².